The van der Waals surface area contributed by atoms with Gasteiger partial charge in [0.15, 0.2) is 0 Å². The molecule has 1 amide bonds. The van der Waals surface area contributed by atoms with Crippen LogP contribution in [0.25, 0.3) is 0 Å². The van der Waals surface area contributed by atoms with Gasteiger partial charge in [0.25, 0.3) is 5.91 Å². The molecule has 1 N–H and O–H groups in total. The van der Waals surface area contributed by atoms with Crippen LogP contribution in [0, 0.1) is 0 Å². The highest BCUT2D eigenvalue weighted by Gasteiger charge is 2.19. The van der Waals surface area contributed by atoms with Crippen LogP contribution in [0.3, 0.4) is 0 Å². The minimum Gasteiger partial charge on any atom is -0.488 e. The number of hydrogen-bond acceptors (Lipinski definition) is 5. The first-order valence-corrected chi connectivity index (χ1v) is 9.61. The number of benzene rings is 1. The second-order valence-corrected chi connectivity index (χ2v) is 7.11. The van der Waals surface area contributed by atoms with Crippen molar-refractivity contribution in [3.05, 3.63) is 58.6 Å². The van der Waals surface area contributed by atoms with E-state index in [9.17, 15) is 4.79 Å². The molecule has 0 radical (unpaired) electrons. The third-order valence-corrected chi connectivity index (χ3v) is 5.12. The summed E-state index contributed by atoms with van der Waals surface area (Å²) in [5, 5.41) is 5.02. The summed E-state index contributed by atoms with van der Waals surface area (Å²) < 4.78 is 5.82. The van der Waals surface area contributed by atoms with E-state index < -0.39 is 0 Å². The van der Waals surface area contributed by atoms with Crippen LogP contribution in [0.15, 0.2) is 53.1 Å². The van der Waals surface area contributed by atoms with Crippen LogP contribution < -0.4 is 10.1 Å². The molecule has 0 aliphatic carbocycles. The van der Waals surface area contributed by atoms with Crippen molar-refractivity contribution < 1.29 is 9.53 Å². The number of carbonyl (C=O) groups is 1. The summed E-state index contributed by atoms with van der Waals surface area (Å²) in [5.41, 5.74) is 1.72. The molecule has 136 valence electrons. The van der Waals surface area contributed by atoms with Gasteiger partial charge in [0.2, 0.25) is 0 Å². The third-order valence-electron chi connectivity index (χ3n) is 4.21. The Hall–Kier alpha value is -2.60. The van der Waals surface area contributed by atoms with Gasteiger partial charge >= 0.3 is 0 Å². The van der Waals surface area contributed by atoms with Crippen molar-refractivity contribution in [1.29, 1.82) is 0 Å². The first-order chi connectivity index (χ1) is 12.8. The number of piperidine rings is 1. The number of ether oxygens (including phenoxy) is 1. The number of hydrogen-bond donors (Lipinski definition) is 1. The Balaban J connectivity index is 1.52. The molecule has 1 aliphatic rings. The molecular formula is C20H23N3O2S. The first kappa shape index (κ1) is 18.2. The van der Waals surface area contributed by atoms with Gasteiger partial charge in [0.1, 0.15) is 12.4 Å². The van der Waals surface area contributed by atoms with Gasteiger partial charge in [-0.15, -0.1) is 11.3 Å². The zero-order chi connectivity index (χ0) is 18.2. The Morgan fingerprint density at radius 1 is 1.27 bits per heavy atom. The lowest BCUT2D eigenvalue weighted by molar-refractivity contribution is 0.0725. The number of likely N-dealkylation sites (tertiary alicyclic amines) is 1. The quantitative estimate of drug-likeness (QED) is 0.729. The monoisotopic (exact) mass is 369 g/mol. The Bertz CT molecular complexity index is 762. The summed E-state index contributed by atoms with van der Waals surface area (Å²) >= 11 is 1.57. The average Bonchev–Trinajstić information content (AvgIpc) is 3.17. The molecule has 1 aromatic heterocycles. The zero-order valence-corrected chi connectivity index (χ0v) is 15.5. The molecule has 2 aromatic rings. The van der Waals surface area contributed by atoms with Crippen molar-refractivity contribution in [1.82, 2.24) is 4.90 Å². The Morgan fingerprint density at radius 3 is 2.77 bits per heavy atom. The lowest BCUT2D eigenvalue weighted by atomic mass is 10.1. The fourth-order valence-corrected chi connectivity index (χ4v) is 3.61. The number of thiophene rings is 1. The normalized spacial score (nSPS) is 14.4. The van der Waals surface area contributed by atoms with Crippen molar-refractivity contribution >= 4 is 29.6 Å². The second-order valence-electron chi connectivity index (χ2n) is 6.11. The van der Waals surface area contributed by atoms with Gasteiger partial charge in [-0.2, -0.15) is 0 Å². The second kappa shape index (κ2) is 9.20. The molecule has 1 fully saturated rings. The summed E-state index contributed by atoms with van der Waals surface area (Å²) in [7, 11) is 0. The maximum absolute atomic E-state index is 12.5. The highest BCUT2D eigenvalue weighted by molar-refractivity contribution is 7.10. The molecule has 1 saturated heterocycles. The standard InChI is InChI=1S/C20H23N3O2S/c1-21-9-10-22-17-5-7-18(8-6-17)25-14-19-13-16(15-26-19)20(24)23-11-3-2-4-12-23/h5-10,13,15,22H,1-4,11-12,14H2/b10-9-. The van der Waals surface area contributed by atoms with E-state index in [1.54, 1.807) is 23.7 Å². The van der Waals surface area contributed by atoms with Crippen molar-refractivity contribution in [3.63, 3.8) is 0 Å². The van der Waals surface area contributed by atoms with Gasteiger partial charge in [-0.3, -0.25) is 9.79 Å². The van der Waals surface area contributed by atoms with Crippen LogP contribution in [0.2, 0.25) is 0 Å². The number of carbonyl (C=O) groups excluding carboxylic acids is 1. The smallest absolute Gasteiger partial charge is 0.254 e. The zero-order valence-electron chi connectivity index (χ0n) is 14.7. The van der Waals surface area contributed by atoms with Gasteiger partial charge in [-0.05, 0) is 56.3 Å². The van der Waals surface area contributed by atoms with Crippen LogP contribution in [0.4, 0.5) is 5.69 Å². The van der Waals surface area contributed by atoms with Crippen LogP contribution in [0.1, 0.15) is 34.5 Å². The van der Waals surface area contributed by atoms with Gasteiger partial charge in [-0.25, -0.2) is 0 Å². The largest absolute Gasteiger partial charge is 0.488 e. The van der Waals surface area contributed by atoms with Crippen molar-refractivity contribution in [3.8, 4) is 5.75 Å². The number of amides is 1. The van der Waals surface area contributed by atoms with E-state index in [0.717, 1.165) is 47.8 Å². The topological polar surface area (TPSA) is 53.9 Å². The fourth-order valence-electron chi connectivity index (χ4n) is 2.84. The molecule has 2 heterocycles. The van der Waals surface area contributed by atoms with E-state index in [0.29, 0.717) is 6.61 Å². The van der Waals surface area contributed by atoms with E-state index in [4.69, 9.17) is 4.74 Å². The molecule has 0 spiro atoms. The SMILES string of the molecule is C=N/C=C\Nc1ccc(OCc2cc(C(=O)N3CCCCC3)cs2)cc1. The molecule has 0 unspecified atom stereocenters. The molecule has 6 heteroatoms. The minimum absolute atomic E-state index is 0.143. The highest BCUT2D eigenvalue weighted by atomic mass is 32.1. The van der Waals surface area contributed by atoms with E-state index >= 15 is 0 Å². The van der Waals surface area contributed by atoms with Gasteiger partial charge < -0.3 is 15.0 Å². The Morgan fingerprint density at radius 2 is 2.04 bits per heavy atom. The van der Waals surface area contributed by atoms with Crippen LogP contribution >= 0.6 is 11.3 Å². The summed E-state index contributed by atoms with van der Waals surface area (Å²) in [4.78, 5) is 19.1. The number of nitrogens with one attached hydrogen (secondary N) is 1. The molecule has 1 aliphatic heterocycles. The summed E-state index contributed by atoms with van der Waals surface area (Å²) in [6, 6.07) is 9.63. The summed E-state index contributed by atoms with van der Waals surface area (Å²) in [6.45, 7) is 5.59. The van der Waals surface area contributed by atoms with Crippen LogP contribution in [-0.2, 0) is 6.61 Å². The molecule has 0 bridgehead atoms. The molecular weight excluding hydrogens is 346 g/mol. The molecule has 1 aromatic carbocycles. The molecule has 0 saturated carbocycles. The van der Waals surface area contributed by atoms with Crippen molar-refractivity contribution in [2.45, 2.75) is 25.9 Å². The van der Waals surface area contributed by atoms with E-state index in [-0.39, 0.29) is 5.91 Å². The number of rotatable bonds is 7. The highest BCUT2D eigenvalue weighted by Crippen LogP contribution is 2.22. The van der Waals surface area contributed by atoms with Gasteiger partial charge in [-0.1, -0.05) is 0 Å². The van der Waals surface area contributed by atoms with Crippen LogP contribution in [-0.4, -0.2) is 30.6 Å². The first-order valence-electron chi connectivity index (χ1n) is 8.73. The molecule has 3 rings (SSSR count). The number of nitrogens with zero attached hydrogens (tertiary/aromatic N) is 2. The van der Waals surface area contributed by atoms with Gasteiger partial charge in [0, 0.05) is 41.4 Å². The lowest BCUT2D eigenvalue weighted by Gasteiger charge is -2.26. The molecule has 26 heavy (non-hydrogen) atoms. The minimum atomic E-state index is 0.143. The van der Waals surface area contributed by atoms with Crippen molar-refractivity contribution in [2.75, 3.05) is 18.4 Å². The van der Waals surface area contributed by atoms with Crippen molar-refractivity contribution in [2.24, 2.45) is 4.99 Å². The third kappa shape index (κ3) is 4.95. The Kier molecular flexibility index (Phi) is 6.44. The number of aliphatic imine (C=N–C) groups is 1. The average molecular weight is 369 g/mol. The predicted molar refractivity (Wildman–Crippen MR) is 107 cm³/mol. The summed E-state index contributed by atoms with van der Waals surface area (Å²) in [5.74, 6) is 0.934. The summed E-state index contributed by atoms with van der Waals surface area (Å²) in [6.07, 6.45) is 6.74. The van der Waals surface area contributed by atoms with Crippen LogP contribution in [0.5, 0.6) is 5.75 Å². The Labute approximate surface area is 158 Å². The lowest BCUT2D eigenvalue weighted by Crippen LogP contribution is -2.35. The fraction of sp³-hybridized carbons (Fsp3) is 0.300. The number of anilines is 1. The predicted octanol–water partition coefficient (Wildman–Crippen LogP) is 4.54. The van der Waals surface area contributed by atoms with E-state index in [2.05, 4.69) is 17.0 Å². The molecule has 0 atom stereocenters. The maximum atomic E-state index is 12.5. The van der Waals surface area contributed by atoms with E-state index in [1.165, 1.54) is 6.42 Å². The van der Waals surface area contributed by atoms with E-state index in [1.807, 2.05) is 40.6 Å². The molecule has 5 nitrogen and oxygen atoms in total. The van der Waals surface area contributed by atoms with Gasteiger partial charge in [0.05, 0.1) is 5.56 Å². The maximum Gasteiger partial charge on any atom is 0.254 e.